The number of carbonyl (C=O) groups excluding carboxylic acids is 1. The molecule has 0 radical (unpaired) electrons. The number of carboxylic acids is 1. The van der Waals surface area contributed by atoms with Gasteiger partial charge < -0.3 is 16.2 Å². The van der Waals surface area contributed by atoms with Gasteiger partial charge in [0.05, 0.1) is 5.41 Å². The average Bonchev–Trinajstić information content (AvgIpc) is 2.77. The van der Waals surface area contributed by atoms with Crippen LogP contribution in [0.4, 0.5) is 0 Å². The molecule has 4 N–H and O–H groups in total. The molecule has 0 heterocycles. The molecule has 20 heavy (non-hydrogen) atoms. The highest BCUT2D eigenvalue weighted by atomic mass is 16.4. The number of hydrogen-bond acceptors (Lipinski definition) is 3. The first-order valence-electron chi connectivity index (χ1n) is 7.66. The van der Waals surface area contributed by atoms with Crippen LogP contribution in [0.3, 0.4) is 0 Å². The van der Waals surface area contributed by atoms with Gasteiger partial charge in [0, 0.05) is 12.5 Å². The van der Waals surface area contributed by atoms with Crippen molar-refractivity contribution in [3.63, 3.8) is 0 Å². The largest absolute Gasteiger partial charge is 0.481 e. The van der Waals surface area contributed by atoms with E-state index in [-0.39, 0.29) is 11.9 Å². The summed E-state index contributed by atoms with van der Waals surface area (Å²) in [6.07, 6.45) is 5.52. The average molecular weight is 284 g/mol. The van der Waals surface area contributed by atoms with Gasteiger partial charge in [-0.2, -0.15) is 0 Å². The number of rotatable bonds is 8. The minimum atomic E-state index is -0.810. The van der Waals surface area contributed by atoms with Crippen LogP contribution in [-0.2, 0) is 9.59 Å². The molecule has 0 aromatic rings. The minimum Gasteiger partial charge on any atom is -0.481 e. The first-order valence-corrected chi connectivity index (χ1v) is 7.66. The maximum absolute atomic E-state index is 12.0. The zero-order valence-corrected chi connectivity index (χ0v) is 12.7. The number of aliphatic carboxylic acids is 1. The van der Waals surface area contributed by atoms with Gasteiger partial charge in [0.2, 0.25) is 5.91 Å². The molecule has 1 aliphatic rings. The summed E-state index contributed by atoms with van der Waals surface area (Å²) >= 11 is 0. The van der Waals surface area contributed by atoms with Gasteiger partial charge >= 0.3 is 5.97 Å². The second kappa shape index (κ2) is 7.62. The molecule has 1 aliphatic carbocycles. The summed E-state index contributed by atoms with van der Waals surface area (Å²) in [5, 5.41) is 12.2. The third kappa shape index (κ3) is 4.20. The van der Waals surface area contributed by atoms with Crippen molar-refractivity contribution in [2.24, 2.45) is 17.1 Å². The van der Waals surface area contributed by atoms with Crippen molar-refractivity contribution in [1.29, 1.82) is 0 Å². The van der Waals surface area contributed by atoms with Crippen molar-refractivity contribution in [2.75, 3.05) is 6.54 Å². The molecule has 0 saturated heterocycles. The quantitative estimate of drug-likeness (QED) is 0.634. The topological polar surface area (TPSA) is 92.4 Å². The van der Waals surface area contributed by atoms with E-state index in [1.54, 1.807) is 6.92 Å². The smallest absolute Gasteiger partial charge is 0.311 e. The summed E-state index contributed by atoms with van der Waals surface area (Å²) in [4.78, 5) is 23.3. The molecule has 0 bridgehead atoms. The molecule has 1 amide bonds. The number of carbonyl (C=O) groups is 2. The molecule has 1 fully saturated rings. The summed E-state index contributed by atoms with van der Waals surface area (Å²) in [7, 11) is 0. The maximum atomic E-state index is 12.0. The molecule has 5 nitrogen and oxygen atoms in total. The van der Waals surface area contributed by atoms with Gasteiger partial charge in [-0.3, -0.25) is 9.59 Å². The fourth-order valence-corrected chi connectivity index (χ4v) is 3.04. The zero-order chi connectivity index (χ0) is 15.2. The lowest BCUT2D eigenvalue weighted by atomic mass is 9.84. The lowest BCUT2D eigenvalue weighted by molar-refractivity contribution is -0.149. The Hall–Kier alpha value is -1.10. The monoisotopic (exact) mass is 284 g/mol. The normalized spacial score (nSPS) is 27.2. The number of nitrogens with two attached hydrogens (primary N) is 1. The predicted molar refractivity (Wildman–Crippen MR) is 78.2 cm³/mol. The van der Waals surface area contributed by atoms with E-state index >= 15 is 0 Å². The van der Waals surface area contributed by atoms with E-state index in [2.05, 4.69) is 12.2 Å². The van der Waals surface area contributed by atoms with Crippen LogP contribution in [0.5, 0.6) is 0 Å². The van der Waals surface area contributed by atoms with E-state index in [1.165, 1.54) is 0 Å². The van der Waals surface area contributed by atoms with Crippen molar-refractivity contribution in [2.45, 2.75) is 64.8 Å². The first-order chi connectivity index (χ1) is 9.43. The van der Waals surface area contributed by atoms with Gasteiger partial charge in [0.1, 0.15) is 0 Å². The Bertz CT molecular complexity index is 346. The molecule has 1 saturated carbocycles. The van der Waals surface area contributed by atoms with Crippen LogP contribution in [0.25, 0.3) is 0 Å². The van der Waals surface area contributed by atoms with Crippen LogP contribution < -0.4 is 11.1 Å². The van der Waals surface area contributed by atoms with Crippen LogP contribution in [0.2, 0.25) is 0 Å². The van der Waals surface area contributed by atoms with Gasteiger partial charge in [-0.15, -0.1) is 0 Å². The molecule has 5 heteroatoms. The summed E-state index contributed by atoms with van der Waals surface area (Å²) in [6, 6.07) is -0.234. The lowest BCUT2D eigenvalue weighted by Gasteiger charge is -2.28. The van der Waals surface area contributed by atoms with E-state index in [4.69, 9.17) is 5.73 Å². The Labute approximate surface area is 121 Å². The number of carboxylic acid groups (broad SMARTS) is 1. The van der Waals surface area contributed by atoms with Crippen LogP contribution in [0.1, 0.15) is 58.8 Å². The van der Waals surface area contributed by atoms with Crippen molar-refractivity contribution < 1.29 is 14.7 Å². The number of nitrogens with one attached hydrogen (secondary N) is 1. The van der Waals surface area contributed by atoms with E-state index < -0.39 is 11.4 Å². The Kier molecular flexibility index (Phi) is 6.46. The Morgan fingerprint density at radius 2 is 2.15 bits per heavy atom. The summed E-state index contributed by atoms with van der Waals surface area (Å²) in [5.41, 5.74) is 4.74. The van der Waals surface area contributed by atoms with Crippen molar-refractivity contribution in [1.82, 2.24) is 5.32 Å². The molecule has 1 rings (SSSR count). The lowest BCUT2D eigenvalue weighted by Crippen LogP contribution is -2.47. The van der Waals surface area contributed by atoms with Gasteiger partial charge in [0.25, 0.3) is 0 Å². The maximum Gasteiger partial charge on any atom is 0.311 e. The van der Waals surface area contributed by atoms with E-state index in [9.17, 15) is 14.7 Å². The Morgan fingerprint density at radius 1 is 1.45 bits per heavy atom. The molecule has 3 unspecified atom stereocenters. The predicted octanol–water partition coefficient (Wildman–Crippen LogP) is 1.90. The Morgan fingerprint density at radius 3 is 2.70 bits per heavy atom. The standard InChI is InChI=1S/C15H28N2O3/c1-3-11(8-10-16)6-7-13(18)17-12-5-4-9-15(12,2)14(19)20/h11-12H,3-10,16H2,1-2H3,(H,17,18)(H,19,20). The highest BCUT2D eigenvalue weighted by Gasteiger charge is 2.45. The molecular formula is C15H28N2O3. The van der Waals surface area contributed by atoms with Gasteiger partial charge in [-0.25, -0.2) is 0 Å². The fraction of sp³-hybridized carbons (Fsp3) is 0.867. The third-order valence-electron chi connectivity index (χ3n) is 4.71. The minimum absolute atomic E-state index is 0.0279. The van der Waals surface area contributed by atoms with Crippen LogP contribution >= 0.6 is 0 Å². The highest BCUT2D eigenvalue weighted by Crippen LogP contribution is 2.38. The van der Waals surface area contributed by atoms with E-state index in [0.717, 1.165) is 32.1 Å². The van der Waals surface area contributed by atoms with Gasteiger partial charge in [-0.05, 0) is 45.1 Å². The third-order valence-corrected chi connectivity index (χ3v) is 4.71. The van der Waals surface area contributed by atoms with Crippen LogP contribution in [-0.4, -0.2) is 29.6 Å². The molecule has 3 atom stereocenters. The van der Waals surface area contributed by atoms with E-state index in [0.29, 0.717) is 25.3 Å². The van der Waals surface area contributed by atoms with Crippen molar-refractivity contribution >= 4 is 11.9 Å². The van der Waals surface area contributed by atoms with Gasteiger partial charge in [-0.1, -0.05) is 19.8 Å². The number of hydrogen-bond donors (Lipinski definition) is 3. The molecule has 0 aromatic carbocycles. The highest BCUT2D eigenvalue weighted by molar-refractivity contribution is 5.80. The summed E-state index contributed by atoms with van der Waals surface area (Å²) in [5.74, 6) is -0.352. The summed E-state index contributed by atoms with van der Waals surface area (Å²) < 4.78 is 0. The fourth-order valence-electron chi connectivity index (χ4n) is 3.04. The Balaban J connectivity index is 2.44. The molecule has 0 aliphatic heterocycles. The molecule has 0 spiro atoms. The number of amides is 1. The summed E-state index contributed by atoms with van der Waals surface area (Å²) in [6.45, 7) is 4.49. The SMILES string of the molecule is CCC(CCN)CCC(=O)NC1CCCC1(C)C(=O)O. The van der Waals surface area contributed by atoms with Crippen LogP contribution in [0, 0.1) is 11.3 Å². The van der Waals surface area contributed by atoms with Crippen molar-refractivity contribution in [3.05, 3.63) is 0 Å². The first kappa shape index (κ1) is 17.0. The zero-order valence-electron chi connectivity index (χ0n) is 12.7. The molecule has 0 aromatic heterocycles. The molecule has 116 valence electrons. The van der Waals surface area contributed by atoms with Crippen molar-refractivity contribution in [3.8, 4) is 0 Å². The van der Waals surface area contributed by atoms with Gasteiger partial charge in [0.15, 0.2) is 0 Å². The van der Waals surface area contributed by atoms with E-state index in [1.807, 2.05) is 0 Å². The van der Waals surface area contributed by atoms with Crippen LogP contribution in [0.15, 0.2) is 0 Å². The molecular weight excluding hydrogens is 256 g/mol. The second-order valence-corrected chi connectivity index (χ2v) is 6.13. The second-order valence-electron chi connectivity index (χ2n) is 6.13.